The molecular weight excluding hydrogens is 641 g/mol. The van der Waals surface area contributed by atoms with Crippen LogP contribution in [0.1, 0.15) is 70.7 Å². The standard InChI is InChI=1S/C22H29FO5.C14H22ClN3O2/c1-12-8-16-15-5-4-13-9-14(25)6-7-19(13,2)21(15,23)17(26)10-20(16,3)22(12,28)18(27)11-24;1-4-18(5-2)7-6-17-14(19)10-8-11(15)12(16)9-13(10)20-3/h6-7,9,12,15-17,24,26,28H,4-5,8,10-11H2,1-3H3;8-9H,4-7,16H2,1-3H3,(H,17,19)/t12-,15+,16+,17+,19+,20+,21+,22+;/m1./s1. The number of methoxy groups -OCH3 is 1. The minimum atomic E-state index is -1.98. The van der Waals surface area contributed by atoms with Crippen molar-refractivity contribution >= 4 is 34.8 Å². The highest BCUT2D eigenvalue weighted by molar-refractivity contribution is 6.33. The number of likely N-dealkylation sites (N-methyl/N-ethyl adjacent to an activating group) is 1. The molecule has 0 heterocycles. The van der Waals surface area contributed by atoms with E-state index in [9.17, 15) is 29.7 Å². The fourth-order valence-corrected chi connectivity index (χ4v) is 9.30. The van der Waals surface area contributed by atoms with Crippen molar-refractivity contribution in [2.24, 2.45) is 28.6 Å². The molecule has 1 amide bonds. The Kier molecular flexibility index (Phi) is 11.2. The van der Waals surface area contributed by atoms with E-state index in [1.54, 1.807) is 32.9 Å². The molecule has 0 radical (unpaired) electrons. The van der Waals surface area contributed by atoms with Crippen molar-refractivity contribution in [3.8, 4) is 5.75 Å². The summed E-state index contributed by atoms with van der Waals surface area (Å²) in [4.78, 5) is 38.7. The quantitative estimate of drug-likeness (QED) is 0.242. The summed E-state index contributed by atoms with van der Waals surface area (Å²) in [6.45, 7) is 12.0. The molecule has 5 rings (SSSR count). The van der Waals surface area contributed by atoms with Crippen LogP contribution in [-0.4, -0.2) is 95.0 Å². The molecule has 0 unspecified atom stereocenters. The van der Waals surface area contributed by atoms with Crippen LogP contribution < -0.4 is 15.8 Å². The van der Waals surface area contributed by atoms with Crippen molar-refractivity contribution in [3.63, 3.8) is 0 Å². The number of ketones is 2. The first-order valence-electron chi connectivity index (χ1n) is 16.8. The lowest BCUT2D eigenvalue weighted by molar-refractivity contribution is -0.219. The SMILES string of the molecule is CCN(CC)CCNC(=O)c1cc(Cl)c(N)cc1OC.C[C@@H]1C[C@H]2[C@@H]3CCC4=CC(=O)C=C[C@]4(C)[C@@]3(F)[C@@H](O)C[C@]2(C)[C@@]1(O)C(=O)CO. The fraction of sp³-hybridized carbons (Fsp3) is 0.639. The highest BCUT2D eigenvalue weighted by Crippen LogP contribution is 2.70. The van der Waals surface area contributed by atoms with Crippen molar-refractivity contribution in [1.29, 1.82) is 0 Å². The normalized spacial score (nSPS) is 35.1. The molecule has 3 fully saturated rings. The average molecular weight is 692 g/mol. The average Bonchev–Trinajstić information content (AvgIpc) is 3.26. The first kappa shape index (κ1) is 38.0. The van der Waals surface area contributed by atoms with Gasteiger partial charge in [-0.25, -0.2) is 4.39 Å². The number of nitrogen functional groups attached to an aromatic ring is 1. The van der Waals surface area contributed by atoms with Crippen LogP contribution in [0.15, 0.2) is 35.9 Å². The zero-order valence-electron chi connectivity index (χ0n) is 28.8. The van der Waals surface area contributed by atoms with Crippen molar-refractivity contribution in [2.45, 2.75) is 77.7 Å². The Morgan fingerprint density at radius 3 is 2.48 bits per heavy atom. The van der Waals surface area contributed by atoms with Gasteiger partial charge in [-0.2, -0.15) is 0 Å². The van der Waals surface area contributed by atoms with Gasteiger partial charge in [-0.3, -0.25) is 14.4 Å². The maximum absolute atomic E-state index is 16.9. The number of nitrogens with two attached hydrogens (primary N) is 1. The summed E-state index contributed by atoms with van der Waals surface area (Å²) in [5.74, 6) is -1.91. The van der Waals surface area contributed by atoms with E-state index in [4.69, 9.17) is 22.1 Å². The Hall–Kier alpha value is -2.83. The van der Waals surface area contributed by atoms with Crippen LogP contribution in [0.25, 0.3) is 0 Å². The van der Waals surface area contributed by atoms with Gasteiger partial charge < -0.3 is 36.0 Å². The number of rotatable bonds is 9. The zero-order valence-corrected chi connectivity index (χ0v) is 29.6. The van der Waals surface area contributed by atoms with Crippen LogP contribution in [0.2, 0.25) is 5.02 Å². The maximum Gasteiger partial charge on any atom is 0.255 e. The molecule has 12 heteroatoms. The summed E-state index contributed by atoms with van der Waals surface area (Å²) >= 11 is 5.95. The lowest BCUT2D eigenvalue weighted by Gasteiger charge is -2.62. The number of alkyl halides is 1. The van der Waals surface area contributed by atoms with Crippen LogP contribution in [-0.2, 0) is 9.59 Å². The van der Waals surface area contributed by atoms with Gasteiger partial charge in [0, 0.05) is 35.9 Å². The molecule has 0 spiro atoms. The summed E-state index contributed by atoms with van der Waals surface area (Å²) in [6.07, 6.45) is 4.44. The minimum Gasteiger partial charge on any atom is -0.496 e. The summed E-state index contributed by atoms with van der Waals surface area (Å²) in [5.41, 5.74) is 1.31. The van der Waals surface area contributed by atoms with Gasteiger partial charge in [-0.05, 0) is 75.8 Å². The van der Waals surface area contributed by atoms with E-state index in [2.05, 4.69) is 24.1 Å². The first-order valence-corrected chi connectivity index (χ1v) is 17.2. The minimum absolute atomic E-state index is 0.0676. The lowest BCUT2D eigenvalue weighted by Crippen LogP contribution is -2.69. The Labute approximate surface area is 287 Å². The molecule has 4 aliphatic carbocycles. The highest BCUT2D eigenvalue weighted by Gasteiger charge is 2.75. The third-order valence-electron chi connectivity index (χ3n) is 12.0. The van der Waals surface area contributed by atoms with Gasteiger partial charge in [-0.1, -0.05) is 50.9 Å². The van der Waals surface area contributed by atoms with Crippen molar-refractivity contribution in [3.05, 3.63) is 46.5 Å². The number of hydrogen-bond donors (Lipinski definition) is 5. The van der Waals surface area contributed by atoms with E-state index < -0.39 is 52.4 Å². The summed E-state index contributed by atoms with van der Waals surface area (Å²) in [7, 11) is 1.50. The number of halogens is 2. The van der Waals surface area contributed by atoms with E-state index in [0.717, 1.165) is 19.6 Å². The third kappa shape index (κ3) is 5.99. The van der Waals surface area contributed by atoms with Gasteiger partial charge in [0.15, 0.2) is 17.2 Å². The molecular formula is C36H51ClFN3O7. The number of nitrogens with one attached hydrogen (secondary N) is 1. The summed E-state index contributed by atoms with van der Waals surface area (Å²) < 4.78 is 22.0. The van der Waals surface area contributed by atoms with Crippen molar-refractivity contribution in [2.75, 3.05) is 45.6 Å². The number of amides is 1. The van der Waals surface area contributed by atoms with E-state index >= 15 is 4.39 Å². The third-order valence-corrected chi connectivity index (χ3v) is 12.3. The van der Waals surface area contributed by atoms with Gasteiger partial charge >= 0.3 is 0 Å². The second-order valence-corrected chi connectivity index (χ2v) is 14.5. The number of hydrogen-bond acceptors (Lipinski definition) is 9. The Morgan fingerprint density at radius 1 is 1.21 bits per heavy atom. The second-order valence-electron chi connectivity index (χ2n) is 14.1. The van der Waals surface area contributed by atoms with Crippen LogP contribution in [0.4, 0.5) is 10.1 Å². The molecule has 8 atom stereocenters. The smallest absolute Gasteiger partial charge is 0.255 e. The number of aliphatic hydroxyl groups excluding tert-OH is 2. The number of carbonyl (C=O) groups is 3. The predicted molar refractivity (Wildman–Crippen MR) is 182 cm³/mol. The topological polar surface area (TPSA) is 162 Å². The first-order chi connectivity index (χ1) is 22.5. The van der Waals surface area contributed by atoms with E-state index in [-0.39, 0.29) is 24.0 Å². The molecule has 1 aromatic carbocycles. The molecule has 10 nitrogen and oxygen atoms in total. The van der Waals surface area contributed by atoms with Crippen LogP contribution in [0.5, 0.6) is 5.75 Å². The molecule has 1 aromatic rings. The Bertz CT molecular complexity index is 1480. The van der Waals surface area contributed by atoms with E-state index in [0.29, 0.717) is 53.4 Å². The number of fused-ring (bicyclic) bond motifs is 5. The van der Waals surface area contributed by atoms with Gasteiger partial charge in [-0.15, -0.1) is 0 Å². The van der Waals surface area contributed by atoms with Crippen molar-refractivity contribution < 1.29 is 38.8 Å². The van der Waals surface area contributed by atoms with Gasteiger partial charge in [0.1, 0.15) is 18.0 Å². The number of benzene rings is 1. The largest absolute Gasteiger partial charge is 0.496 e. The summed E-state index contributed by atoms with van der Waals surface area (Å²) in [6, 6.07) is 3.09. The molecule has 48 heavy (non-hydrogen) atoms. The van der Waals surface area contributed by atoms with E-state index in [1.807, 2.05) is 0 Å². The number of nitrogens with zero attached hydrogens (tertiary/aromatic N) is 1. The molecule has 6 N–H and O–H groups in total. The van der Waals surface area contributed by atoms with Crippen LogP contribution in [0, 0.1) is 28.6 Å². The van der Waals surface area contributed by atoms with Gasteiger partial charge in [0.2, 0.25) is 0 Å². The Morgan fingerprint density at radius 2 is 1.88 bits per heavy atom. The van der Waals surface area contributed by atoms with Gasteiger partial charge in [0.05, 0.1) is 29.5 Å². The molecule has 0 saturated heterocycles. The molecule has 0 aliphatic heterocycles. The van der Waals surface area contributed by atoms with Crippen LogP contribution >= 0.6 is 11.6 Å². The summed E-state index contributed by atoms with van der Waals surface area (Å²) in [5, 5.41) is 35.2. The van der Waals surface area contributed by atoms with Crippen LogP contribution in [0.3, 0.4) is 0 Å². The molecule has 0 bridgehead atoms. The number of Topliss-reactive ketones (excluding diaryl/α,β-unsaturated/α-hetero) is 1. The number of carbonyl (C=O) groups excluding carboxylic acids is 3. The Balaban J connectivity index is 0.000000231. The van der Waals surface area contributed by atoms with Crippen molar-refractivity contribution in [1.82, 2.24) is 10.2 Å². The molecule has 4 aliphatic rings. The molecule has 266 valence electrons. The fourth-order valence-electron chi connectivity index (χ4n) is 9.14. The number of anilines is 1. The highest BCUT2D eigenvalue weighted by atomic mass is 35.5. The zero-order chi connectivity index (χ0) is 35.8. The number of aliphatic hydroxyl groups is 3. The molecule has 3 saturated carbocycles. The predicted octanol–water partition coefficient (Wildman–Crippen LogP) is 3.90. The maximum atomic E-state index is 16.9. The molecule has 0 aromatic heterocycles. The number of allylic oxidation sites excluding steroid dienone is 4. The monoisotopic (exact) mass is 691 g/mol. The number of ether oxygens (including phenoxy) is 1. The second kappa shape index (κ2) is 14.2. The van der Waals surface area contributed by atoms with E-state index in [1.165, 1.54) is 25.3 Å². The lowest BCUT2D eigenvalue weighted by atomic mass is 9.44. The van der Waals surface area contributed by atoms with Gasteiger partial charge in [0.25, 0.3) is 5.91 Å².